The number of benzene rings is 1. The van der Waals surface area contributed by atoms with Gasteiger partial charge >= 0.3 is 0 Å². The summed E-state index contributed by atoms with van der Waals surface area (Å²) in [6, 6.07) is 7.70. The van der Waals surface area contributed by atoms with Crippen molar-refractivity contribution in [2.24, 2.45) is 0 Å². The van der Waals surface area contributed by atoms with Gasteiger partial charge in [0.25, 0.3) is 0 Å². The molecule has 2 heteroatoms. The largest absolute Gasteiger partial charge is 0.486 e. The maximum Gasteiger partial charge on any atom is 0.161 e. The van der Waals surface area contributed by atoms with Crippen LogP contribution in [0.15, 0.2) is 24.3 Å². The molecular formula is C14H24O2. The second-order valence-electron chi connectivity index (χ2n) is 3.14. The number of rotatable bonds is 1. The predicted octanol–water partition coefficient (Wildman–Crippen LogP) is 4.29. The van der Waals surface area contributed by atoms with Crippen LogP contribution in [0.3, 0.4) is 0 Å². The lowest BCUT2D eigenvalue weighted by Gasteiger charge is -2.17. The lowest BCUT2D eigenvalue weighted by molar-refractivity contribution is 0.171. The van der Waals surface area contributed by atoms with Crippen LogP contribution in [0.1, 0.15) is 40.5 Å². The summed E-state index contributed by atoms with van der Waals surface area (Å²) in [5.74, 6) is 1.71. The average molecular weight is 224 g/mol. The smallest absolute Gasteiger partial charge is 0.161 e. The van der Waals surface area contributed by atoms with Gasteiger partial charge in [-0.3, -0.25) is 0 Å². The standard InChI is InChI=1S/C8H8O2.C4H10.C2H6/c1-2-4-8-7(3-1)9-5-6-10-8;1-3-4-2;1-2/h1-4H,5-6H2;3-4H2,1-2H3;1-2H3. The van der Waals surface area contributed by atoms with Gasteiger partial charge in [0, 0.05) is 0 Å². The SMILES string of the molecule is CC.CCCC.c1ccc2c(c1)OCCO2. The molecule has 1 aliphatic heterocycles. The molecule has 16 heavy (non-hydrogen) atoms. The van der Waals surface area contributed by atoms with Crippen LogP contribution in [0.25, 0.3) is 0 Å². The van der Waals surface area contributed by atoms with E-state index in [1.54, 1.807) is 0 Å². The summed E-state index contributed by atoms with van der Waals surface area (Å²) in [7, 11) is 0. The Morgan fingerprint density at radius 3 is 1.56 bits per heavy atom. The molecular weight excluding hydrogens is 200 g/mol. The van der Waals surface area contributed by atoms with Gasteiger partial charge in [-0.15, -0.1) is 0 Å². The molecule has 0 bridgehead atoms. The molecule has 1 aromatic rings. The summed E-state index contributed by atoms with van der Waals surface area (Å²) in [6.07, 6.45) is 2.64. The van der Waals surface area contributed by atoms with E-state index < -0.39 is 0 Å². The van der Waals surface area contributed by atoms with Crippen LogP contribution >= 0.6 is 0 Å². The Kier molecular flexibility index (Phi) is 9.58. The number of ether oxygens (including phenoxy) is 2. The first-order chi connectivity index (χ1) is 7.88. The predicted molar refractivity (Wildman–Crippen MR) is 69.4 cm³/mol. The van der Waals surface area contributed by atoms with Gasteiger partial charge in [-0.1, -0.05) is 52.7 Å². The lowest BCUT2D eigenvalue weighted by atomic mass is 10.3. The normalized spacial score (nSPS) is 11.5. The van der Waals surface area contributed by atoms with Gasteiger partial charge in [0.05, 0.1) is 0 Å². The molecule has 1 aromatic carbocycles. The van der Waals surface area contributed by atoms with Crippen LogP contribution in [0, 0.1) is 0 Å². The van der Waals surface area contributed by atoms with E-state index >= 15 is 0 Å². The Labute approximate surface area is 99.6 Å². The molecule has 0 unspecified atom stereocenters. The van der Waals surface area contributed by atoms with E-state index in [1.807, 2.05) is 38.1 Å². The minimum atomic E-state index is 0.664. The molecule has 0 amide bonds. The zero-order chi connectivity index (χ0) is 12.2. The zero-order valence-corrected chi connectivity index (χ0v) is 11.0. The molecule has 0 aromatic heterocycles. The van der Waals surface area contributed by atoms with Crippen LogP contribution in [0.5, 0.6) is 11.5 Å². The van der Waals surface area contributed by atoms with Crippen molar-refractivity contribution >= 4 is 0 Å². The van der Waals surface area contributed by atoms with Gasteiger partial charge in [0.1, 0.15) is 13.2 Å². The Morgan fingerprint density at radius 1 is 0.875 bits per heavy atom. The van der Waals surface area contributed by atoms with E-state index in [0.29, 0.717) is 13.2 Å². The molecule has 2 rings (SSSR count). The second-order valence-corrected chi connectivity index (χ2v) is 3.14. The fourth-order valence-electron chi connectivity index (χ4n) is 0.992. The minimum absolute atomic E-state index is 0.664. The van der Waals surface area contributed by atoms with Gasteiger partial charge in [-0.2, -0.15) is 0 Å². The molecule has 0 spiro atoms. The van der Waals surface area contributed by atoms with E-state index in [2.05, 4.69) is 13.8 Å². The number of hydrogen-bond donors (Lipinski definition) is 0. The summed E-state index contributed by atoms with van der Waals surface area (Å²) >= 11 is 0. The second kappa shape index (κ2) is 10.3. The number of fused-ring (bicyclic) bond motifs is 1. The molecule has 2 nitrogen and oxygen atoms in total. The highest BCUT2D eigenvalue weighted by atomic mass is 16.6. The minimum Gasteiger partial charge on any atom is -0.486 e. The fourth-order valence-corrected chi connectivity index (χ4v) is 0.992. The fraction of sp³-hybridized carbons (Fsp3) is 0.571. The molecule has 0 radical (unpaired) electrons. The van der Waals surface area contributed by atoms with E-state index in [9.17, 15) is 0 Å². The first-order valence-electron chi connectivity index (χ1n) is 6.23. The topological polar surface area (TPSA) is 18.5 Å². The maximum absolute atomic E-state index is 5.30. The van der Waals surface area contributed by atoms with Gasteiger partial charge in [0.2, 0.25) is 0 Å². The average Bonchev–Trinajstić information content (AvgIpc) is 2.41. The molecule has 92 valence electrons. The molecule has 0 saturated heterocycles. The Hall–Kier alpha value is -1.18. The van der Waals surface area contributed by atoms with Gasteiger partial charge in [-0.05, 0) is 12.1 Å². The number of hydrogen-bond acceptors (Lipinski definition) is 2. The summed E-state index contributed by atoms with van der Waals surface area (Å²) in [4.78, 5) is 0. The number of para-hydroxylation sites is 2. The first kappa shape index (κ1) is 14.8. The molecule has 0 atom stereocenters. The summed E-state index contributed by atoms with van der Waals surface area (Å²) in [6.45, 7) is 9.69. The Morgan fingerprint density at radius 2 is 1.25 bits per heavy atom. The van der Waals surface area contributed by atoms with E-state index in [-0.39, 0.29) is 0 Å². The highest BCUT2D eigenvalue weighted by molar-refractivity contribution is 5.40. The van der Waals surface area contributed by atoms with Crippen molar-refractivity contribution in [3.05, 3.63) is 24.3 Å². The third-order valence-corrected chi connectivity index (χ3v) is 1.95. The Bertz CT molecular complexity index is 232. The van der Waals surface area contributed by atoms with E-state index in [4.69, 9.17) is 9.47 Å². The molecule has 1 heterocycles. The highest BCUT2D eigenvalue weighted by Gasteiger charge is 2.07. The van der Waals surface area contributed by atoms with Crippen LogP contribution < -0.4 is 9.47 Å². The summed E-state index contributed by atoms with van der Waals surface area (Å²) in [5.41, 5.74) is 0. The first-order valence-corrected chi connectivity index (χ1v) is 6.23. The highest BCUT2D eigenvalue weighted by Crippen LogP contribution is 2.28. The maximum atomic E-state index is 5.30. The van der Waals surface area contributed by atoms with Gasteiger partial charge in [0.15, 0.2) is 11.5 Å². The molecule has 0 aliphatic carbocycles. The van der Waals surface area contributed by atoms with Crippen LogP contribution in [-0.4, -0.2) is 13.2 Å². The van der Waals surface area contributed by atoms with Crippen molar-refractivity contribution in [1.29, 1.82) is 0 Å². The van der Waals surface area contributed by atoms with Crippen molar-refractivity contribution in [2.45, 2.75) is 40.5 Å². The third kappa shape index (κ3) is 5.64. The van der Waals surface area contributed by atoms with Crippen LogP contribution in [-0.2, 0) is 0 Å². The monoisotopic (exact) mass is 224 g/mol. The molecule has 1 aliphatic rings. The van der Waals surface area contributed by atoms with Gasteiger partial charge in [-0.25, -0.2) is 0 Å². The van der Waals surface area contributed by atoms with Crippen molar-refractivity contribution in [3.8, 4) is 11.5 Å². The van der Waals surface area contributed by atoms with E-state index in [1.165, 1.54) is 12.8 Å². The third-order valence-electron chi connectivity index (χ3n) is 1.95. The quantitative estimate of drug-likeness (QED) is 0.708. The van der Waals surface area contributed by atoms with Crippen molar-refractivity contribution in [2.75, 3.05) is 13.2 Å². The molecule has 0 saturated carbocycles. The van der Waals surface area contributed by atoms with Crippen LogP contribution in [0.2, 0.25) is 0 Å². The summed E-state index contributed by atoms with van der Waals surface area (Å²) in [5, 5.41) is 0. The lowest BCUT2D eigenvalue weighted by Crippen LogP contribution is -2.14. The summed E-state index contributed by atoms with van der Waals surface area (Å²) < 4.78 is 10.6. The molecule has 0 N–H and O–H groups in total. The molecule has 0 fully saturated rings. The van der Waals surface area contributed by atoms with Gasteiger partial charge < -0.3 is 9.47 Å². The Balaban J connectivity index is 0.000000323. The van der Waals surface area contributed by atoms with Crippen molar-refractivity contribution in [1.82, 2.24) is 0 Å². The van der Waals surface area contributed by atoms with Crippen LogP contribution in [0.4, 0.5) is 0 Å². The zero-order valence-electron chi connectivity index (χ0n) is 11.0. The number of unbranched alkanes of at least 4 members (excludes halogenated alkanes) is 1. The van der Waals surface area contributed by atoms with Crippen molar-refractivity contribution in [3.63, 3.8) is 0 Å². The van der Waals surface area contributed by atoms with Crippen molar-refractivity contribution < 1.29 is 9.47 Å². The van der Waals surface area contributed by atoms with E-state index in [0.717, 1.165) is 11.5 Å².